The quantitative estimate of drug-likeness (QED) is 0.304. The Kier molecular flexibility index (Phi) is 6.25. The Morgan fingerprint density at radius 1 is 1.11 bits per heavy atom. The molecule has 0 fully saturated rings. The molecular formula is C24H23F3N6O2. The summed E-state index contributed by atoms with van der Waals surface area (Å²) in [6.45, 7) is 1.50. The number of nitrogens with one attached hydrogen (secondary N) is 1. The molecule has 0 bridgehead atoms. The Balaban J connectivity index is 1.49. The van der Waals surface area contributed by atoms with Gasteiger partial charge in [0.25, 0.3) is 6.43 Å². The highest BCUT2D eigenvalue weighted by atomic mass is 19.3. The molecule has 0 saturated carbocycles. The molecule has 2 aromatic carbocycles. The number of hydrogen-bond acceptors (Lipinski definition) is 8. The van der Waals surface area contributed by atoms with Crippen LogP contribution in [0.1, 0.15) is 35.2 Å². The van der Waals surface area contributed by atoms with Crippen LogP contribution in [0.3, 0.4) is 0 Å². The van der Waals surface area contributed by atoms with Gasteiger partial charge in [0.2, 0.25) is 11.3 Å². The second-order valence-corrected chi connectivity index (χ2v) is 8.54. The van der Waals surface area contributed by atoms with Gasteiger partial charge >= 0.3 is 0 Å². The summed E-state index contributed by atoms with van der Waals surface area (Å²) in [4.78, 5) is 11.1. The molecule has 0 amide bonds. The Morgan fingerprint density at radius 2 is 1.91 bits per heavy atom. The smallest absolute Gasteiger partial charge is 0.268 e. The molecule has 4 aromatic rings. The summed E-state index contributed by atoms with van der Waals surface area (Å²) in [6, 6.07) is 7.62. The summed E-state index contributed by atoms with van der Waals surface area (Å²) in [5.41, 5.74) is 3.94. The molecule has 35 heavy (non-hydrogen) atoms. The second-order valence-electron chi connectivity index (χ2n) is 8.54. The number of halogens is 3. The van der Waals surface area contributed by atoms with E-state index in [1.54, 1.807) is 0 Å². The normalized spacial score (nSPS) is 12.4. The third-order valence-electron chi connectivity index (χ3n) is 5.91. The summed E-state index contributed by atoms with van der Waals surface area (Å²) in [6.07, 6.45) is -1.68. The molecule has 8 nitrogen and oxygen atoms in total. The van der Waals surface area contributed by atoms with Crippen molar-refractivity contribution >= 4 is 17.0 Å². The van der Waals surface area contributed by atoms with Crippen molar-refractivity contribution in [2.45, 2.75) is 25.8 Å². The zero-order valence-electron chi connectivity index (χ0n) is 19.2. The second kappa shape index (κ2) is 9.49. The molecule has 0 spiro atoms. The minimum Gasteiger partial charge on any atom is -0.493 e. The van der Waals surface area contributed by atoms with Crippen molar-refractivity contribution in [3.05, 3.63) is 58.5 Å². The summed E-state index contributed by atoms with van der Waals surface area (Å²) in [5, 5.41) is 10.5. The highest BCUT2D eigenvalue weighted by Crippen LogP contribution is 2.41. The molecule has 0 unspecified atom stereocenters. The fourth-order valence-electron chi connectivity index (χ4n) is 4.26. The maximum Gasteiger partial charge on any atom is 0.268 e. The number of anilines is 1. The number of ether oxygens (including phenoxy) is 1. The van der Waals surface area contributed by atoms with E-state index in [4.69, 9.17) is 9.37 Å². The first-order valence-corrected chi connectivity index (χ1v) is 11.1. The van der Waals surface area contributed by atoms with Crippen LogP contribution in [0, 0.1) is 5.82 Å². The predicted molar refractivity (Wildman–Crippen MR) is 123 cm³/mol. The molecule has 11 heteroatoms. The van der Waals surface area contributed by atoms with E-state index in [2.05, 4.69) is 30.5 Å². The van der Waals surface area contributed by atoms with E-state index in [1.165, 1.54) is 12.1 Å². The molecule has 0 saturated heterocycles. The third kappa shape index (κ3) is 4.51. The molecule has 182 valence electrons. The van der Waals surface area contributed by atoms with Gasteiger partial charge in [0.05, 0.1) is 23.6 Å². The first kappa shape index (κ1) is 23.0. The number of alkyl halides is 2. The topological polar surface area (TPSA) is 89.2 Å². The van der Waals surface area contributed by atoms with Crippen LogP contribution in [0.5, 0.6) is 5.75 Å². The summed E-state index contributed by atoms with van der Waals surface area (Å²) >= 11 is 0. The van der Waals surface area contributed by atoms with Gasteiger partial charge in [-0.2, -0.15) is 0 Å². The van der Waals surface area contributed by atoms with Crippen LogP contribution >= 0.6 is 0 Å². The summed E-state index contributed by atoms with van der Waals surface area (Å²) in [5.74, 6) is -0.323. The lowest BCUT2D eigenvalue weighted by Gasteiger charge is -2.18. The molecule has 0 radical (unpaired) electrons. The number of nitrogens with zero attached hydrogens (tertiary/aromatic N) is 5. The van der Waals surface area contributed by atoms with Gasteiger partial charge in [-0.15, -0.1) is 0 Å². The fraction of sp³-hybridized carbons (Fsp3) is 0.333. The molecule has 0 aliphatic heterocycles. The Labute approximate surface area is 199 Å². The number of aromatic nitrogens is 4. The highest BCUT2D eigenvalue weighted by Gasteiger charge is 2.28. The first-order valence-electron chi connectivity index (χ1n) is 11.1. The zero-order valence-corrected chi connectivity index (χ0v) is 19.2. The minimum absolute atomic E-state index is 0.0386. The van der Waals surface area contributed by atoms with E-state index in [0.29, 0.717) is 41.5 Å². The van der Waals surface area contributed by atoms with Crippen molar-refractivity contribution in [1.82, 2.24) is 25.2 Å². The average molecular weight is 484 g/mol. The van der Waals surface area contributed by atoms with Gasteiger partial charge in [0.1, 0.15) is 11.6 Å². The molecule has 1 aliphatic rings. The lowest BCUT2D eigenvalue weighted by Crippen LogP contribution is -2.16. The number of fused-ring (bicyclic) bond motifs is 4. The van der Waals surface area contributed by atoms with Crippen molar-refractivity contribution in [2.24, 2.45) is 0 Å². The Hall–Kier alpha value is -3.73. The van der Waals surface area contributed by atoms with Crippen LogP contribution < -0.4 is 10.1 Å². The third-order valence-corrected chi connectivity index (χ3v) is 5.91. The standard InChI is InChI=1S/C24H23F3N6O2/c1-33(2)9-4-10-34-19-8-7-13-14(11-18-21(13)30-24-23(29-18)31-35-32-24)15(19)12-28-17-6-3-5-16(25)20(17)22(26)27/h3,5-8,22,28H,4,9-12H2,1-2H3. The summed E-state index contributed by atoms with van der Waals surface area (Å²) < 4.78 is 52.0. The molecule has 0 atom stereocenters. The SMILES string of the molecule is CN(C)CCCOc1ccc2c(c1CNc1cccc(F)c1C(F)F)Cc1nc3nonc3nc1-2. The van der Waals surface area contributed by atoms with Gasteiger partial charge in [-0.1, -0.05) is 6.07 Å². The van der Waals surface area contributed by atoms with Gasteiger partial charge in [0.15, 0.2) is 0 Å². The number of rotatable bonds is 9. The van der Waals surface area contributed by atoms with Crippen molar-refractivity contribution < 1.29 is 22.5 Å². The van der Waals surface area contributed by atoms with Gasteiger partial charge in [0, 0.05) is 36.3 Å². The average Bonchev–Trinajstić information content (AvgIpc) is 3.42. The molecule has 5 rings (SSSR count). The van der Waals surface area contributed by atoms with E-state index in [0.717, 1.165) is 35.7 Å². The number of hydrogen-bond donors (Lipinski definition) is 1. The number of benzene rings is 2. The molecule has 2 aromatic heterocycles. The maximum absolute atomic E-state index is 14.1. The molecular weight excluding hydrogens is 461 g/mol. The largest absolute Gasteiger partial charge is 0.493 e. The lowest BCUT2D eigenvalue weighted by molar-refractivity contribution is 0.147. The molecule has 1 aliphatic carbocycles. The van der Waals surface area contributed by atoms with Crippen LogP contribution in [0.2, 0.25) is 0 Å². The molecule has 2 heterocycles. The van der Waals surface area contributed by atoms with E-state index < -0.39 is 17.8 Å². The first-order chi connectivity index (χ1) is 16.9. The van der Waals surface area contributed by atoms with Crippen molar-refractivity contribution in [1.29, 1.82) is 0 Å². The van der Waals surface area contributed by atoms with E-state index in [-0.39, 0.29) is 12.2 Å². The Bertz CT molecular complexity index is 1380. The van der Waals surface area contributed by atoms with Crippen LogP contribution in [-0.4, -0.2) is 52.4 Å². The van der Waals surface area contributed by atoms with Crippen LogP contribution in [-0.2, 0) is 13.0 Å². The van der Waals surface area contributed by atoms with E-state index >= 15 is 0 Å². The van der Waals surface area contributed by atoms with Crippen LogP contribution in [0.4, 0.5) is 18.9 Å². The van der Waals surface area contributed by atoms with E-state index in [1.807, 2.05) is 26.2 Å². The van der Waals surface area contributed by atoms with Gasteiger partial charge < -0.3 is 15.0 Å². The van der Waals surface area contributed by atoms with Gasteiger partial charge in [-0.05, 0) is 60.7 Å². The minimum atomic E-state index is -2.95. The van der Waals surface area contributed by atoms with E-state index in [9.17, 15) is 13.2 Å². The summed E-state index contributed by atoms with van der Waals surface area (Å²) in [7, 11) is 3.98. The highest BCUT2D eigenvalue weighted by molar-refractivity contribution is 5.79. The maximum atomic E-state index is 14.1. The predicted octanol–water partition coefficient (Wildman–Crippen LogP) is 4.60. The lowest BCUT2D eigenvalue weighted by atomic mass is 10.0. The van der Waals surface area contributed by atoms with Crippen molar-refractivity contribution in [3.8, 4) is 17.0 Å². The van der Waals surface area contributed by atoms with Crippen LogP contribution in [0.25, 0.3) is 22.6 Å². The molecule has 1 N–H and O–H groups in total. The van der Waals surface area contributed by atoms with Gasteiger partial charge in [-0.3, -0.25) is 0 Å². The van der Waals surface area contributed by atoms with Crippen molar-refractivity contribution in [3.63, 3.8) is 0 Å². The monoisotopic (exact) mass is 484 g/mol. The zero-order chi connectivity index (χ0) is 24.5. The Morgan fingerprint density at radius 3 is 2.69 bits per heavy atom. The van der Waals surface area contributed by atoms with Crippen LogP contribution in [0.15, 0.2) is 35.0 Å². The van der Waals surface area contributed by atoms with Gasteiger partial charge in [-0.25, -0.2) is 27.8 Å². The fourth-order valence-corrected chi connectivity index (χ4v) is 4.26. The van der Waals surface area contributed by atoms with Crippen molar-refractivity contribution in [2.75, 3.05) is 32.6 Å².